The molecular formula is C16H21ClFN3OS. The van der Waals surface area contributed by atoms with E-state index < -0.39 is 5.82 Å². The molecule has 0 aromatic heterocycles. The lowest BCUT2D eigenvalue weighted by Gasteiger charge is -2.20. The first-order valence-corrected chi connectivity index (χ1v) is 8.51. The van der Waals surface area contributed by atoms with Crippen LogP contribution < -0.4 is 5.32 Å². The molecule has 4 nitrogen and oxygen atoms in total. The second-order valence-electron chi connectivity index (χ2n) is 5.95. The molecule has 1 saturated carbocycles. The average Bonchev–Trinajstić information content (AvgIpc) is 3.22. The predicted octanol–water partition coefficient (Wildman–Crippen LogP) is 3.45. The minimum absolute atomic E-state index is 0. The van der Waals surface area contributed by atoms with Crippen LogP contribution in [0.3, 0.4) is 0 Å². The normalized spacial score (nSPS) is 22.1. The molecule has 2 fully saturated rings. The van der Waals surface area contributed by atoms with Crippen LogP contribution >= 0.6 is 24.2 Å². The van der Waals surface area contributed by atoms with Gasteiger partial charge in [-0.1, -0.05) is 17.8 Å². The highest BCUT2D eigenvalue weighted by atomic mass is 35.5. The van der Waals surface area contributed by atoms with E-state index in [2.05, 4.69) is 15.2 Å². The molecule has 1 unspecified atom stereocenters. The van der Waals surface area contributed by atoms with Crippen molar-refractivity contribution in [3.05, 3.63) is 29.6 Å². The number of amides is 1. The van der Waals surface area contributed by atoms with Crippen molar-refractivity contribution < 1.29 is 9.18 Å². The van der Waals surface area contributed by atoms with E-state index in [1.165, 1.54) is 18.9 Å². The Hall–Kier alpha value is -1.27. The number of rotatable bonds is 4. The Bertz CT molecular complexity index is 621. The molecule has 1 N–H and O–H groups in total. The largest absolute Gasteiger partial charge is 0.350 e. The highest BCUT2D eigenvalue weighted by Crippen LogP contribution is 2.30. The van der Waals surface area contributed by atoms with Gasteiger partial charge >= 0.3 is 0 Å². The molecule has 1 saturated heterocycles. The first-order chi connectivity index (χ1) is 10.5. The molecule has 1 aliphatic carbocycles. The quantitative estimate of drug-likeness (QED) is 0.897. The van der Waals surface area contributed by atoms with E-state index in [0.717, 1.165) is 16.5 Å². The van der Waals surface area contributed by atoms with E-state index in [0.29, 0.717) is 12.5 Å². The number of benzene rings is 1. The SMILES string of the molecule is Cc1ccc(NC(=O)CC2CSC(=NC3CC3)N2C)c(F)c1.Cl. The third-order valence-electron chi connectivity index (χ3n) is 3.91. The van der Waals surface area contributed by atoms with Crippen LogP contribution in [0.15, 0.2) is 23.2 Å². The van der Waals surface area contributed by atoms with Crippen molar-refractivity contribution in [3.8, 4) is 0 Å². The van der Waals surface area contributed by atoms with Gasteiger partial charge in [0, 0.05) is 25.3 Å². The van der Waals surface area contributed by atoms with E-state index in [-0.39, 0.29) is 30.0 Å². The number of aliphatic imine (C=N–C) groups is 1. The zero-order chi connectivity index (χ0) is 15.7. The van der Waals surface area contributed by atoms with Crippen LogP contribution in [-0.2, 0) is 4.79 Å². The summed E-state index contributed by atoms with van der Waals surface area (Å²) in [4.78, 5) is 18.9. The van der Waals surface area contributed by atoms with E-state index >= 15 is 0 Å². The van der Waals surface area contributed by atoms with E-state index in [1.54, 1.807) is 23.9 Å². The van der Waals surface area contributed by atoms with Gasteiger partial charge in [0.1, 0.15) is 5.82 Å². The number of anilines is 1. The van der Waals surface area contributed by atoms with Crippen LogP contribution in [0.2, 0.25) is 0 Å². The highest BCUT2D eigenvalue weighted by Gasteiger charge is 2.31. The van der Waals surface area contributed by atoms with Crippen molar-refractivity contribution in [3.63, 3.8) is 0 Å². The van der Waals surface area contributed by atoms with Crippen LogP contribution in [-0.4, -0.2) is 40.9 Å². The molecular weight excluding hydrogens is 337 g/mol. The van der Waals surface area contributed by atoms with Gasteiger partial charge in [-0.25, -0.2) is 4.39 Å². The molecule has 1 aliphatic heterocycles. The molecule has 0 radical (unpaired) electrons. The molecule has 3 rings (SSSR count). The number of thioether (sulfide) groups is 1. The van der Waals surface area contributed by atoms with Crippen LogP contribution in [0.4, 0.5) is 10.1 Å². The van der Waals surface area contributed by atoms with Crippen LogP contribution in [0, 0.1) is 12.7 Å². The summed E-state index contributed by atoms with van der Waals surface area (Å²) in [5.74, 6) is 0.303. The molecule has 1 amide bonds. The fraction of sp³-hybridized carbons (Fsp3) is 0.500. The monoisotopic (exact) mass is 357 g/mol. The average molecular weight is 358 g/mol. The Morgan fingerprint density at radius 3 is 2.87 bits per heavy atom. The summed E-state index contributed by atoms with van der Waals surface area (Å²) >= 11 is 1.70. The maximum Gasteiger partial charge on any atom is 0.226 e. The summed E-state index contributed by atoms with van der Waals surface area (Å²) in [6.07, 6.45) is 2.70. The smallest absolute Gasteiger partial charge is 0.226 e. The van der Waals surface area contributed by atoms with Crippen molar-refractivity contribution >= 4 is 40.9 Å². The van der Waals surface area contributed by atoms with Gasteiger partial charge in [-0.2, -0.15) is 0 Å². The van der Waals surface area contributed by atoms with Gasteiger partial charge < -0.3 is 10.2 Å². The maximum atomic E-state index is 13.8. The zero-order valence-electron chi connectivity index (χ0n) is 13.2. The molecule has 2 aliphatic rings. The lowest BCUT2D eigenvalue weighted by Crippen LogP contribution is -2.33. The van der Waals surface area contributed by atoms with Crippen LogP contribution in [0.1, 0.15) is 24.8 Å². The Balaban J connectivity index is 0.00000192. The summed E-state index contributed by atoms with van der Waals surface area (Å²) in [5.41, 5.74) is 1.08. The number of nitrogens with zero attached hydrogens (tertiary/aromatic N) is 2. The molecule has 0 bridgehead atoms. The van der Waals surface area contributed by atoms with Crippen molar-refractivity contribution in [2.24, 2.45) is 4.99 Å². The lowest BCUT2D eigenvalue weighted by molar-refractivity contribution is -0.116. The van der Waals surface area contributed by atoms with E-state index in [4.69, 9.17) is 0 Å². The maximum absolute atomic E-state index is 13.8. The third kappa shape index (κ3) is 4.61. The van der Waals surface area contributed by atoms with Gasteiger partial charge in [0.25, 0.3) is 0 Å². The summed E-state index contributed by atoms with van der Waals surface area (Å²) in [5, 5.41) is 3.69. The number of hydrogen-bond acceptors (Lipinski definition) is 3. The first kappa shape index (κ1) is 18.1. The molecule has 1 aromatic carbocycles. The molecule has 1 heterocycles. The van der Waals surface area contributed by atoms with Gasteiger partial charge in [0.15, 0.2) is 5.17 Å². The van der Waals surface area contributed by atoms with Gasteiger partial charge in [0.2, 0.25) is 5.91 Å². The molecule has 7 heteroatoms. The first-order valence-electron chi connectivity index (χ1n) is 7.52. The summed E-state index contributed by atoms with van der Waals surface area (Å²) in [6, 6.07) is 5.43. The number of halogens is 2. The Kier molecular flexibility index (Phi) is 5.92. The molecule has 1 aromatic rings. The Morgan fingerprint density at radius 2 is 2.22 bits per heavy atom. The minimum atomic E-state index is -0.390. The fourth-order valence-electron chi connectivity index (χ4n) is 2.36. The van der Waals surface area contributed by atoms with Gasteiger partial charge in [-0.3, -0.25) is 9.79 Å². The highest BCUT2D eigenvalue weighted by molar-refractivity contribution is 8.14. The third-order valence-corrected chi connectivity index (χ3v) is 5.12. The van der Waals surface area contributed by atoms with Crippen molar-refractivity contribution in [2.75, 3.05) is 18.1 Å². The fourth-order valence-corrected chi connectivity index (χ4v) is 3.62. The molecule has 23 heavy (non-hydrogen) atoms. The van der Waals surface area contributed by atoms with Gasteiger partial charge in [-0.15, -0.1) is 12.4 Å². The number of carbonyl (C=O) groups excluding carboxylic acids is 1. The molecule has 0 spiro atoms. The zero-order valence-corrected chi connectivity index (χ0v) is 14.8. The standard InChI is InChI=1S/C16H20FN3OS.ClH/c1-10-3-6-14(13(17)7-10)19-15(21)8-12-9-22-16(20(12)2)18-11-4-5-11;/h3,6-7,11-12H,4-5,8-9H2,1-2H3,(H,19,21);1H. The Morgan fingerprint density at radius 1 is 1.48 bits per heavy atom. The topological polar surface area (TPSA) is 44.7 Å². The van der Waals surface area contributed by atoms with Crippen molar-refractivity contribution in [1.29, 1.82) is 0 Å². The van der Waals surface area contributed by atoms with E-state index in [1.807, 2.05) is 14.0 Å². The summed E-state index contributed by atoms with van der Waals surface area (Å²) < 4.78 is 13.8. The van der Waals surface area contributed by atoms with E-state index in [9.17, 15) is 9.18 Å². The van der Waals surface area contributed by atoms with Crippen molar-refractivity contribution in [2.45, 2.75) is 38.3 Å². The second kappa shape index (κ2) is 7.53. The molecule has 1 atom stereocenters. The summed E-state index contributed by atoms with van der Waals surface area (Å²) in [7, 11) is 1.98. The summed E-state index contributed by atoms with van der Waals surface area (Å²) in [6.45, 7) is 1.82. The number of aryl methyl sites for hydroxylation is 1. The number of amidine groups is 1. The van der Waals surface area contributed by atoms with Crippen LogP contribution in [0.5, 0.6) is 0 Å². The second-order valence-corrected chi connectivity index (χ2v) is 6.94. The molecule has 126 valence electrons. The van der Waals surface area contributed by atoms with Crippen LogP contribution in [0.25, 0.3) is 0 Å². The Labute approximate surface area is 146 Å². The van der Waals surface area contributed by atoms with Gasteiger partial charge in [-0.05, 0) is 37.5 Å². The van der Waals surface area contributed by atoms with Crippen molar-refractivity contribution in [1.82, 2.24) is 4.90 Å². The predicted molar refractivity (Wildman–Crippen MR) is 96.1 cm³/mol. The number of carbonyl (C=O) groups is 1. The number of hydrogen-bond donors (Lipinski definition) is 1. The minimum Gasteiger partial charge on any atom is -0.350 e. The number of nitrogens with one attached hydrogen (secondary N) is 1. The lowest BCUT2D eigenvalue weighted by atomic mass is 10.2. The van der Waals surface area contributed by atoms with Gasteiger partial charge in [0.05, 0.1) is 11.7 Å².